The van der Waals surface area contributed by atoms with Gasteiger partial charge in [0.25, 0.3) is 0 Å². The van der Waals surface area contributed by atoms with Crippen molar-refractivity contribution in [1.82, 2.24) is 10.3 Å². The first-order valence-electron chi connectivity index (χ1n) is 8.65. The maximum Gasteiger partial charge on any atom is 0.231 e. The van der Waals surface area contributed by atoms with E-state index in [2.05, 4.69) is 16.4 Å². The van der Waals surface area contributed by atoms with Gasteiger partial charge in [0.2, 0.25) is 12.7 Å². The molecule has 5 nitrogen and oxygen atoms in total. The van der Waals surface area contributed by atoms with E-state index in [-0.39, 0.29) is 12.7 Å². The predicted molar refractivity (Wildman–Crippen MR) is 110 cm³/mol. The first kappa shape index (κ1) is 18.1. The minimum atomic E-state index is -0.492. The number of hydrogen-bond donors (Lipinski definition) is 1. The molecule has 27 heavy (non-hydrogen) atoms. The van der Waals surface area contributed by atoms with Gasteiger partial charge in [-0.3, -0.25) is 4.79 Å². The molecule has 0 spiro atoms. The van der Waals surface area contributed by atoms with Crippen LogP contribution in [0, 0.1) is 0 Å². The van der Waals surface area contributed by atoms with Crippen LogP contribution in [0.2, 0.25) is 0 Å². The number of carbonyl (C=O) groups is 1. The van der Waals surface area contributed by atoms with E-state index in [1.54, 1.807) is 23.1 Å². The molecule has 7 heteroatoms. The lowest BCUT2D eigenvalue weighted by molar-refractivity contribution is -0.120. The highest BCUT2D eigenvalue weighted by Gasteiger charge is 2.25. The highest BCUT2D eigenvalue weighted by molar-refractivity contribution is 7.99. The molecule has 0 saturated heterocycles. The summed E-state index contributed by atoms with van der Waals surface area (Å²) in [5.74, 6) is 2.59. The van der Waals surface area contributed by atoms with E-state index in [1.807, 2.05) is 50.2 Å². The zero-order valence-corrected chi connectivity index (χ0v) is 16.8. The minimum Gasteiger partial charge on any atom is -0.454 e. The van der Waals surface area contributed by atoms with Crippen molar-refractivity contribution in [1.29, 1.82) is 0 Å². The van der Waals surface area contributed by atoms with Crippen LogP contribution in [0.3, 0.4) is 0 Å². The van der Waals surface area contributed by atoms with Crippen molar-refractivity contribution in [2.75, 3.05) is 12.5 Å². The molecule has 0 atom stereocenters. The van der Waals surface area contributed by atoms with Crippen molar-refractivity contribution in [2.24, 2.45) is 0 Å². The normalized spacial score (nSPS) is 13.1. The molecule has 0 bridgehead atoms. The Morgan fingerprint density at radius 2 is 2.04 bits per heavy atom. The fourth-order valence-electron chi connectivity index (χ4n) is 2.95. The molecule has 4 rings (SSSR count). The van der Waals surface area contributed by atoms with Crippen LogP contribution in [0.25, 0.3) is 10.2 Å². The van der Waals surface area contributed by atoms with Crippen LogP contribution >= 0.6 is 23.1 Å². The summed E-state index contributed by atoms with van der Waals surface area (Å²) < 4.78 is 12.0. The fraction of sp³-hybridized carbons (Fsp3) is 0.300. The number of para-hydroxylation sites is 1. The van der Waals surface area contributed by atoms with Crippen LogP contribution in [0.1, 0.15) is 24.4 Å². The molecule has 0 unspecified atom stereocenters. The Labute approximate surface area is 166 Å². The van der Waals surface area contributed by atoms with Crippen LogP contribution in [-0.2, 0) is 16.1 Å². The predicted octanol–water partition coefficient (Wildman–Crippen LogP) is 4.31. The van der Waals surface area contributed by atoms with E-state index in [1.165, 1.54) is 4.70 Å². The maximum absolute atomic E-state index is 12.4. The average Bonchev–Trinajstić information content (AvgIpc) is 3.26. The Balaban J connectivity index is 1.33. The quantitative estimate of drug-likeness (QED) is 0.668. The van der Waals surface area contributed by atoms with Gasteiger partial charge >= 0.3 is 0 Å². The van der Waals surface area contributed by atoms with Gasteiger partial charge in [-0.15, -0.1) is 23.1 Å². The molecule has 0 saturated carbocycles. The lowest BCUT2D eigenvalue weighted by Gasteiger charge is -2.27. The first-order valence-corrected chi connectivity index (χ1v) is 10.6. The second kappa shape index (κ2) is 7.40. The highest BCUT2D eigenvalue weighted by atomic mass is 32.2. The molecule has 2 heterocycles. The van der Waals surface area contributed by atoms with Gasteiger partial charge in [-0.25, -0.2) is 4.98 Å². The lowest BCUT2D eigenvalue weighted by Crippen LogP contribution is -2.41. The Hall–Kier alpha value is -2.25. The van der Waals surface area contributed by atoms with E-state index in [9.17, 15) is 4.79 Å². The van der Waals surface area contributed by atoms with E-state index in [4.69, 9.17) is 9.47 Å². The number of thiazole rings is 1. The molecule has 140 valence electrons. The van der Waals surface area contributed by atoms with E-state index in [0.717, 1.165) is 33.3 Å². The number of rotatable bonds is 6. The number of carbonyl (C=O) groups excluding carboxylic acids is 1. The van der Waals surface area contributed by atoms with Gasteiger partial charge < -0.3 is 14.8 Å². The molecule has 1 amide bonds. The third kappa shape index (κ3) is 4.04. The molecular weight excluding hydrogens is 380 g/mol. The summed E-state index contributed by atoms with van der Waals surface area (Å²) in [4.78, 5) is 17.0. The van der Waals surface area contributed by atoms with Crippen LogP contribution in [0.5, 0.6) is 11.5 Å². The smallest absolute Gasteiger partial charge is 0.231 e. The number of nitrogens with zero attached hydrogens (tertiary/aromatic N) is 1. The summed E-state index contributed by atoms with van der Waals surface area (Å²) >= 11 is 3.26. The largest absolute Gasteiger partial charge is 0.454 e. The average molecular weight is 401 g/mol. The molecule has 1 aliphatic heterocycles. The summed E-state index contributed by atoms with van der Waals surface area (Å²) in [6.07, 6.45) is 0. The van der Waals surface area contributed by atoms with Crippen molar-refractivity contribution in [2.45, 2.75) is 25.1 Å². The van der Waals surface area contributed by atoms with Gasteiger partial charge in [-0.05, 0) is 43.7 Å². The summed E-state index contributed by atoms with van der Waals surface area (Å²) in [6, 6.07) is 13.9. The molecule has 0 aliphatic carbocycles. The summed E-state index contributed by atoms with van der Waals surface area (Å²) in [5, 5.41) is 4.15. The number of benzene rings is 2. The second-order valence-corrected chi connectivity index (χ2v) is 8.91. The van der Waals surface area contributed by atoms with Crippen molar-refractivity contribution in [3.63, 3.8) is 0 Å². The molecule has 3 aromatic rings. The van der Waals surface area contributed by atoms with Crippen LogP contribution < -0.4 is 14.8 Å². The first-order chi connectivity index (χ1) is 13.0. The number of ether oxygens (including phenoxy) is 2. The highest BCUT2D eigenvalue weighted by Crippen LogP contribution is 2.35. The number of fused-ring (bicyclic) bond motifs is 2. The summed E-state index contributed by atoms with van der Waals surface area (Å²) in [7, 11) is 0. The van der Waals surface area contributed by atoms with Gasteiger partial charge in [0.05, 0.1) is 21.5 Å². The summed E-state index contributed by atoms with van der Waals surface area (Å²) in [5.41, 5.74) is 1.51. The molecule has 0 fully saturated rings. The van der Waals surface area contributed by atoms with Crippen LogP contribution in [0.4, 0.5) is 0 Å². The molecule has 1 N–H and O–H groups in total. The Morgan fingerprint density at radius 3 is 2.89 bits per heavy atom. The van der Waals surface area contributed by atoms with Gasteiger partial charge in [-0.2, -0.15) is 0 Å². The Kier molecular flexibility index (Phi) is 4.97. The van der Waals surface area contributed by atoms with Crippen LogP contribution in [0.15, 0.2) is 42.5 Å². The molecule has 0 radical (unpaired) electrons. The van der Waals surface area contributed by atoms with Crippen molar-refractivity contribution >= 4 is 39.2 Å². The minimum absolute atomic E-state index is 0.00350. The monoisotopic (exact) mass is 400 g/mol. The van der Waals surface area contributed by atoms with Gasteiger partial charge in [0.1, 0.15) is 5.01 Å². The third-order valence-corrected chi connectivity index (χ3v) is 6.51. The Morgan fingerprint density at radius 1 is 1.22 bits per heavy atom. The van der Waals surface area contributed by atoms with Crippen molar-refractivity contribution in [3.05, 3.63) is 53.0 Å². The maximum atomic E-state index is 12.4. The van der Waals surface area contributed by atoms with E-state index in [0.29, 0.717) is 5.75 Å². The SMILES string of the molecule is CC(C)(NC(=O)CSCc1nc2ccccc2s1)c1ccc2c(c1)OCO2. The van der Waals surface area contributed by atoms with Gasteiger partial charge in [0, 0.05) is 5.75 Å². The number of hydrogen-bond acceptors (Lipinski definition) is 6. The number of aromatic nitrogens is 1. The topological polar surface area (TPSA) is 60.5 Å². The van der Waals surface area contributed by atoms with Crippen LogP contribution in [-0.4, -0.2) is 23.4 Å². The molecule has 1 aliphatic rings. The lowest BCUT2D eigenvalue weighted by atomic mass is 9.94. The van der Waals surface area contributed by atoms with E-state index >= 15 is 0 Å². The number of amides is 1. The Bertz CT molecular complexity index is 951. The van der Waals surface area contributed by atoms with E-state index < -0.39 is 5.54 Å². The van der Waals surface area contributed by atoms with Gasteiger partial charge in [-0.1, -0.05) is 18.2 Å². The molecule has 2 aromatic carbocycles. The standard InChI is InChI=1S/C20H20N2O3S2/c1-20(2,13-7-8-15-16(9-13)25-12-24-15)22-18(23)10-26-11-19-21-14-5-3-4-6-17(14)27-19/h3-9H,10-12H2,1-2H3,(H,22,23). The number of nitrogens with one attached hydrogen (secondary N) is 1. The fourth-order valence-corrected chi connectivity index (χ4v) is 4.80. The summed E-state index contributed by atoms with van der Waals surface area (Å²) in [6.45, 7) is 4.22. The third-order valence-electron chi connectivity index (χ3n) is 4.34. The van der Waals surface area contributed by atoms with Crippen molar-refractivity contribution in [3.8, 4) is 11.5 Å². The molecular formula is C20H20N2O3S2. The second-order valence-electron chi connectivity index (χ2n) is 6.81. The van der Waals surface area contributed by atoms with Crippen molar-refractivity contribution < 1.29 is 14.3 Å². The zero-order chi connectivity index (χ0) is 18.9. The number of thioether (sulfide) groups is 1. The zero-order valence-electron chi connectivity index (χ0n) is 15.2. The van der Waals surface area contributed by atoms with Gasteiger partial charge in [0.15, 0.2) is 11.5 Å². The molecule has 1 aromatic heterocycles.